The Labute approximate surface area is 120 Å². The van der Waals surface area contributed by atoms with E-state index in [1.807, 2.05) is 6.92 Å². The van der Waals surface area contributed by atoms with Gasteiger partial charge in [0.2, 0.25) is 0 Å². The van der Waals surface area contributed by atoms with Gasteiger partial charge in [-0.1, -0.05) is 18.2 Å². The van der Waals surface area contributed by atoms with Gasteiger partial charge in [-0.3, -0.25) is 5.84 Å². The molecule has 0 heterocycles. The summed E-state index contributed by atoms with van der Waals surface area (Å²) in [5.74, 6) is 1.99. The van der Waals surface area contributed by atoms with Crippen molar-refractivity contribution in [1.82, 2.24) is 5.43 Å². The van der Waals surface area contributed by atoms with Crippen LogP contribution in [0.4, 0.5) is 13.2 Å². The van der Waals surface area contributed by atoms with Crippen LogP contribution < -0.4 is 16.0 Å². The molecule has 2 rings (SSSR count). The third-order valence-corrected chi connectivity index (χ3v) is 3.04. The minimum Gasteiger partial charge on any atom is -0.494 e. The number of nitrogens with one attached hydrogen (secondary N) is 1. The average molecular weight is 296 g/mol. The zero-order chi connectivity index (χ0) is 15.4. The van der Waals surface area contributed by atoms with E-state index in [1.54, 1.807) is 24.3 Å². The molecule has 0 aliphatic rings. The van der Waals surface area contributed by atoms with E-state index in [0.717, 1.165) is 12.1 Å². The number of para-hydroxylation sites is 1. The lowest BCUT2D eigenvalue weighted by atomic mass is 9.98. The molecule has 0 aliphatic heterocycles. The summed E-state index contributed by atoms with van der Waals surface area (Å²) in [6.45, 7) is 2.25. The molecule has 2 aromatic carbocycles. The smallest absolute Gasteiger partial charge is 0.194 e. The maximum absolute atomic E-state index is 13.4. The van der Waals surface area contributed by atoms with E-state index in [0.29, 0.717) is 17.9 Å². The fraction of sp³-hybridized carbons (Fsp3) is 0.200. The Morgan fingerprint density at radius 2 is 1.76 bits per heavy atom. The van der Waals surface area contributed by atoms with Gasteiger partial charge >= 0.3 is 0 Å². The Kier molecular flexibility index (Phi) is 4.82. The lowest BCUT2D eigenvalue weighted by Gasteiger charge is -2.20. The molecule has 3 nitrogen and oxygen atoms in total. The molecule has 0 amide bonds. The van der Waals surface area contributed by atoms with E-state index < -0.39 is 23.5 Å². The molecule has 0 bridgehead atoms. The van der Waals surface area contributed by atoms with Gasteiger partial charge in [0, 0.05) is 5.56 Å². The number of nitrogens with two attached hydrogens (primary N) is 1. The maximum atomic E-state index is 13.4. The van der Waals surface area contributed by atoms with Crippen molar-refractivity contribution in [3.63, 3.8) is 0 Å². The summed E-state index contributed by atoms with van der Waals surface area (Å²) in [5.41, 5.74) is 3.24. The zero-order valence-corrected chi connectivity index (χ0v) is 11.4. The molecule has 0 fully saturated rings. The molecule has 0 aromatic heterocycles. The van der Waals surface area contributed by atoms with Gasteiger partial charge in [-0.2, -0.15) is 0 Å². The molecule has 1 atom stereocenters. The quantitative estimate of drug-likeness (QED) is 0.506. The highest BCUT2D eigenvalue weighted by atomic mass is 19.2. The van der Waals surface area contributed by atoms with Gasteiger partial charge in [0.25, 0.3) is 0 Å². The van der Waals surface area contributed by atoms with E-state index in [4.69, 9.17) is 10.6 Å². The highest BCUT2D eigenvalue weighted by Crippen LogP contribution is 2.30. The van der Waals surface area contributed by atoms with Crippen LogP contribution in [0.3, 0.4) is 0 Å². The molecule has 0 spiro atoms. The van der Waals surface area contributed by atoms with Crippen LogP contribution in [0.1, 0.15) is 24.1 Å². The second-order valence-corrected chi connectivity index (χ2v) is 4.37. The SMILES string of the molecule is CCOc1ccccc1C(NN)c1cc(F)c(F)c(F)c1. The van der Waals surface area contributed by atoms with Gasteiger partial charge < -0.3 is 4.74 Å². The van der Waals surface area contributed by atoms with E-state index in [9.17, 15) is 13.2 Å². The second-order valence-electron chi connectivity index (χ2n) is 4.37. The number of rotatable bonds is 5. The first-order chi connectivity index (χ1) is 10.1. The fourth-order valence-corrected chi connectivity index (χ4v) is 2.11. The van der Waals surface area contributed by atoms with Crippen molar-refractivity contribution >= 4 is 0 Å². The number of ether oxygens (including phenoxy) is 1. The number of halogens is 3. The first-order valence-corrected chi connectivity index (χ1v) is 6.40. The van der Waals surface area contributed by atoms with Crippen molar-refractivity contribution in [3.05, 3.63) is 65.0 Å². The van der Waals surface area contributed by atoms with E-state index in [-0.39, 0.29) is 5.56 Å². The van der Waals surface area contributed by atoms with Crippen LogP contribution in [0.25, 0.3) is 0 Å². The summed E-state index contributed by atoms with van der Waals surface area (Å²) in [5, 5.41) is 0. The standard InChI is InChI=1S/C15H15F3N2O/c1-2-21-13-6-4-3-5-10(13)15(20-19)9-7-11(16)14(18)12(17)8-9/h3-8,15,20H,2,19H2,1H3. The Bertz CT molecular complexity index is 611. The normalized spacial score (nSPS) is 12.2. The molecule has 0 saturated carbocycles. The van der Waals surface area contributed by atoms with Crippen molar-refractivity contribution < 1.29 is 17.9 Å². The summed E-state index contributed by atoms with van der Waals surface area (Å²) >= 11 is 0. The molecule has 112 valence electrons. The number of benzene rings is 2. The molecule has 1 unspecified atom stereocenters. The largest absolute Gasteiger partial charge is 0.494 e. The van der Waals surface area contributed by atoms with Crippen molar-refractivity contribution in [1.29, 1.82) is 0 Å². The first kappa shape index (κ1) is 15.3. The first-order valence-electron chi connectivity index (χ1n) is 6.40. The topological polar surface area (TPSA) is 47.3 Å². The third kappa shape index (κ3) is 3.17. The third-order valence-electron chi connectivity index (χ3n) is 3.04. The van der Waals surface area contributed by atoms with Crippen molar-refractivity contribution in [2.75, 3.05) is 6.61 Å². The Morgan fingerprint density at radius 3 is 2.33 bits per heavy atom. The van der Waals surface area contributed by atoms with Crippen LogP contribution in [0.15, 0.2) is 36.4 Å². The second kappa shape index (κ2) is 6.60. The number of hydrazine groups is 1. The fourth-order valence-electron chi connectivity index (χ4n) is 2.11. The summed E-state index contributed by atoms with van der Waals surface area (Å²) < 4.78 is 45.3. The Hall–Kier alpha value is -2.05. The lowest BCUT2D eigenvalue weighted by Crippen LogP contribution is -2.29. The molecule has 6 heteroatoms. The van der Waals surface area contributed by atoms with Crippen LogP contribution >= 0.6 is 0 Å². The number of hydrogen-bond donors (Lipinski definition) is 2. The van der Waals surface area contributed by atoms with Crippen LogP contribution in [0.5, 0.6) is 5.75 Å². The summed E-state index contributed by atoms with van der Waals surface area (Å²) in [7, 11) is 0. The predicted molar refractivity (Wildman–Crippen MR) is 73.1 cm³/mol. The van der Waals surface area contributed by atoms with Crippen molar-refractivity contribution in [2.24, 2.45) is 5.84 Å². The minimum atomic E-state index is -1.51. The highest BCUT2D eigenvalue weighted by Gasteiger charge is 2.20. The van der Waals surface area contributed by atoms with Gasteiger partial charge in [0.15, 0.2) is 17.5 Å². The van der Waals surface area contributed by atoms with Gasteiger partial charge in [-0.05, 0) is 30.7 Å². The summed E-state index contributed by atoms with van der Waals surface area (Å²) in [6, 6.07) is 8.05. The Morgan fingerprint density at radius 1 is 1.14 bits per heavy atom. The molecule has 2 aromatic rings. The van der Waals surface area contributed by atoms with Gasteiger partial charge in [-0.25, -0.2) is 18.6 Å². The predicted octanol–water partition coefficient (Wildman–Crippen LogP) is 3.06. The molecule has 0 radical (unpaired) electrons. The van der Waals surface area contributed by atoms with Crippen LogP contribution in [-0.2, 0) is 0 Å². The van der Waals surface area contributed by atoms with Crippen LogP contribution in [0.2, 0.25) is 0 Å². The van der Waals surface area contributed by atoms with Crippen molar-refractivity contribution in [2.45, 2.75) is 13.0 Å². The van der Waals surface area contributed by atoms with Gasteiger partial charge in [0.1, 0.15) is 5.75 Å². The molecular formula is C15H15F3N2O. The summed E-state index contributed by atoms with van der Waals surface area (Å²) in [6.07, 6.45) is 0. The van der Waals surface area contributed by atoms with Crippen molar-refractivity contribution in [3.8, 4) is 5.75 Å². The number of hydrogen-bond acceptors (Lipinski definition) is 3. The maximum Gasteiger partial charge on any atom is 0.194 e. The molecule has 0 aliphatic carbocycles. The average Bonchev–Trinajstić information content (AvgIpc) is 2.47. The molecule has 21 heavy (non-hydrogen) atoms. The minimum absolute atomic E-state index is 0.168. The van der Waals surface area contributed by atoms with E-state index in [2.05, 4.69) is 5.43 Å². The molecule has 0 saturated heterocycles. The molecule has 3 N–H and O–H groups in total. The Balaban J connectivity index is 2.50. The van der Waals surface area contributed by atoms with Crippen LogP contribution in [0, 0.1) is 17.5 Å². The highest BCUT2D eigenvalue weighted by molar-refractivity contribution is 5.41. The zero-order valence-electron chi connectivity index (χ0n) is 11.4. The van der Waals surface area contributed by atoms with Gasteiger partial charge in [0.05, 0.1) is 12.6 Å². The van der Waals surface area contributed by atoms with E-state index in [1.165, 1.54) is 0 Å². The van der Waals surface area contributed by atoms with E-state index >= 15 is 0 Å². The molecular weight excluding hydrogens is 281 g/mol. The van der Waals surface area contributed by atoms with Gasteiger partial charge in [-0.15, -0.1) is 0 Å². The summed E-state index contributed by atoms with van der Waals surface area (Å²) in [4.78, 5) is 0. The van der Waals surface area contributed by atoms with Crippen LogP contribution in [-0.4, -0.2) is 6.61 Å². The monoisotopic (exact) mass is 296 g/mol. The lowest BCUT2D eigenvalue weighted by molar-refractivity contribution is 0.333.